The fourth-order valence-corrected chi connectivity index (χ4v) is 4.29. The van der Waals surface area contributed by atoms with Gasteiger partial charge in [-0.3, -0.25) is 14.5 Å². The molecular weight excluding hydrogens is 316 g/mol. The first-order valence-electron chi connectivity index (χ1n) is 7.17. The van der Waals surface area contributed by atoms with Crippen molar-refractivity contribution >= 4 is 34.9 Å². The van der Waals surface area contributed by atoms with Gasteiger partial charge in [0.15, 0.2) is 0 Å². The Morgan fingerprint density at radius 2 is 1.82 bits per heavy atom. The maximum Gasteiger partial charge on any atom is 0.261 e. The fourth-order valence-electron chi connectivity index (χ4n) is 2.37. The van der Waals surface area contributed by atoms with Crippen LogP contribution in [0.5, 0.6) is 0 Å². The summed E-state index contributed by atoms with van der Waals surface area (Å²) >= 11 is 3.39. The van der Waals surface area contributed by atoms with Gasteiger partial charge in [-0.05, 0) is 31.9 Å². The summed E-state index contributed by atoms with van der Waals surface area (Å²) < 4.78 is 1.08. The third-order valence-electron chi connectivity index (χ3n) is 3.48. The second kappa shape index (κ2) is 6.62. The number of hydrogen-bond acceptors (Lipinski definition) is 5. The first-order chi connectivity index (χ1) is 10.7. The number of hydrogen-bond donors (Lipinski definition) is 0. The summed E-state index contributed by atoms with van der Waals surface area (Å²) in [5.41, 5.74) is 2.11. The summed E-state index contributed by atoms with van der Waals surface area (Å²) in [5, 5.41) is 2.04. The Labute approximate surface area is 137 Å². The molecular formula is C16H16N2O2S2. The van der Waals surface area contributed by atoms with Gasteiger partial charge in [-0.25, -0.2) is 4.98 Å². The summed E-state index contributed by atoms with van der Waals surface area (Å²) in [6.07, 6.45) is 1.78. The van der Waals surface area contributed by atoms with Gasteiger partial charge < -0.3 is 0 Å². The molecule has 0 saturated heterocycles. The minimum Gasteiger partial charge on any atom is -0.274 e. The summed E-state index contributed by atoms with van der Waals surface area (Å²) in [4.78, 5) is 30.1. The maximum atomic E-state index is 12.2. The number of rotatable bonds is 6. The number of thiazole rings is 1. The molecule has 3 rings (SSSR count). The monoisotopic (exact) mass is 332 g/mol. The standard InChI is InChI=1S/C16H16N2O2S2/c1-11-10-22-16(17-11)21-9-5-4-8-18-14(19)12-6-2-3-7-13(12)15(18)20/h2-3,6-7,10H,4-5,8-9H2,1H3. The van der Waals surface area contributed by atoms with Gasteiger partial charge in [-0.1, -0.05) is 23.9 Å². The smallest absolute Gasteiger partial charge is 0.261 e. The zero-order chi connectivity index (χ0) is 15.5. The van der Waals surface area contributed by atoms with E-state index in [1.165, 1.54) is 4.90 Å². The molecule has 1 aliphatic heterocycles. The second-order valence-electron chi connectivity index (χ2n) is 5.12. The number of imide groups is 1. The summed E-state index contributed by atoms with van der Waals surface area (Å²) in [6, 6.07) is 7.02. The predicted octanol–water partition coefficient (Wildman–Crippen LogP) is 3.62. The van der Waals surface area contributed by atoms with Crippen molar-refractivity contribution in [3.63, 3.8) is 0 Å². The van der Waals surface area contributed by atoms with Gasteiger partial charge in [0.1, 0.15) is 4.34 Å². The van der Waals surface area contributed by atoms with Crippen molar-refractivity contribution in [1.82, 2.24) is 9.88 Å². The Kier molecular flexibility index (Phi) is 4.59. The van der Waals surface area contributed by atoms with E-state index in [-0.39, 0.29) is 11.8 Å². The number of fused-ring (bicyclic) bond motifs is 1. The van der Waals surface area contributed by atoms with Crippen molar-refractivity contribution in [3.8, 4) is 0 Å². The van der Waals surface area contributed by atoms with Gasteiger partial charge in [0.25, 0.3) is 11.8 Å². The summed E-state index contributed by atoms with van der Waals surface area (Å²) in [5.74, 6) is 0.628. The number of amides is 2. The molecule has 0 saturated carbocycles. The number of aromatic nitrogens is 1. The summed E-state index contributed by atoms with van der Waals surface area (Å²) in [7, 11) is 0. The van der Waals surface area contributed by atoms with Crippen LogP contribution in [0.3, 0.4) is 0 Å². The van der Waals surface area contributed by atoms with Crippen molar-refractivity contribution in [1.29, 1.82) is 0 Å². The molecule has 0 spiro atoms. The van der Waals surface area contributed by atoms with Crippen LogP contribution in [0.15, 0.2) is 34.0 Å². The molecule has 4 nitrogen and oxygen atoms in total. The Bertz CT molecular complexity index is 677. The third-order valence-corrected chi connectivity index (χ3v) is 5.70. The average molecular weight is 332 g/mol. The van der Waals surface area contributed by atoms with E-state index in [9.17, 15) is 9.59 Å². The van der Waals surface area contributed by atoms with Crippen LogP contribution in [0.2, 0.25) is 0 Å². The Hall–Kier alpha value is -1.66. The van der Waals surface area contributed by atoms with Crippen LogP contribution in [0.4, 0.5) is 0 Å². The molecule has 2 aromatic rings. The molecule has 0 aliphatic carbocycles. The highest BCUT2D eigenvalue weighted by Crippen LogP contribution is 2.25. The molecule has 1 aliphatic rings. The lowest BCUT2D eigenvalue weighted by Crippen LogP contribution is -2.30. The Morgan fingerprint density at radius 3 is 2.41 bits per heavy atom. The maximum absolute atomic E-state index is 12.2. The van der Waals surface area contributed by atoms with Crippen molar-refractivity contribution in [3.05, 3.63) is 46.5 Å². The Balaban J connectivity index is 1.47. The SMILES string of the molecule is Cc1csc(SCCCCN2C(=O)c3ccccc3C2=O)n1. The van der Waals surface area contributed by atoms with E-state index in [0.717, 1.165) is 28.6 Å². The van der Waals surface area contributed by atoms with Gasteiger partial charge in [0.05, 0.1) is 11.1 Å². The normalized spacial score (nSPS) is 13.8. The minimum absolute atomic E-state index is 0.163. The van der Waals surface area contributed by atoms with Crippen molar-refractivity contribution in [2.45, 2.75) is 24.1 Å². The lowest BCUT2D eigenvalue weighted by molar-refractivity contribution is 0.0652. The van der Waals surface area contributed by atoms with Gasteiger partial charge >= 0.3 is 0 Å². The number of aryl methyl sites for hydroxylation is 1. The molecule has 0 fully saturated rings. The van der Waals surface area contributed by atoms with Crippen LogP contribution in [0.25, 0.3) is 0 Å². The number of nitrogens with zero attached hydrogens (tertiary/aromatic N) is 2. The van der Waals surface area contributed by atoms with Gasteiger partial charge in [0, 0.05) is 23.4 Å². The van der Waals surface area contributed by atoms with E-state index in [4.69, 9.17) is 0 Å². The average Bonchev–Trinajstić information content (AvgIpc) is 3.04. The third kappa shape index (κ3) is 3.08. The number of unbranched alkanes of at least 4 members (excludes halogenated alkanes) is 1. The molecule has 0 N–H and O–H groups in total. The van der Waals surface area contributed by atoms with E-state index in [2.05, 4.69) is 4.98 Å². The highest BCUT2D eigenvalue weighted by Gasteiger charge is 2.34. The zero-order valence-electron chi connectivity index (χ0n) is 12.2. The van der Waals surface area contributed by atoms with Crippen molar-refractivity contribution in [2.24, 2.45) is 0 Å². The van der Waals surface area contributed by atoms with Crippen LogP contribution in [-0.4, -0.2) is 34.0 Å². The molecule has 1 aromatic carbocycles. The van der Waals surface area contributed by atoms with E-state index >= 15 is 0 Å². The van der Waals surface area contributed by atoms with Crippen LogP contribution in [0.1, 0.15) is 39.3 Å². The lowest BCUT2D eigenvalue weighted by Gasteiger charge is -2.13. The molecule has 0 bridgehead atoms. The summed E-state index contributed by atoms with van der Waals surface area (Å²) in [6.45, 7) is 2.48. The van der Waals surface area contributed by atoms with E-state index < -0.39 is 0 Å². The largest absolute Gasteiger partial charge is 0.274 e. The molecule has 0 unspecified atom stereocenters. The Morgan fingerprint density at radius 1 is 1.14 bits per heavy atom. The zero-order valence-corrected chi connectivity index (χ0v) is 13.9. The molecule has 114 valence electrons. The molecule has 6 heteroatoms. The lowest BCUT2D eigenvalue weighted by atomic mass is 10.1. The van der Waals surface area contributed by atoms with Gasteiger partial charge in [0.2, 0.25) is 0 Å². The van der Waals surface area contributed by atoms with E-state index in [1.807, 2.05) is 12.3 Å². The topological polar surface area (TPSA) is 50.3 Å². The van der Waals surface area contributed by atoms with Gasteiger partial charge in [-0.15, -0.1) is 11.3 Å². The van der Waals surface area contributed by atoms with E-state index in [1.54, 1.807) is 47.4 Å². The molecule has 0 radical (unpaired) electrons. The molecule has 0 atom stereocenters. The number of carbonyl (C=O) groups is 2. The minimum atomic E-state index is -0.163. The van der Waals surface area contributed by atoms with Crippen LogP contribution >= 0.6 is 23.1 Å². The van der Waals surface area contributed by atoms with Crippen molar-refractivity contribution < 1.29 is 9.59 Å². The molecule has 22 heavy (non-hydrogen) atoms. The molecule has 2 amide bonds. The van der Waals surface area contributed by atoms with Crippen LogP contribution in [0, 0.1) is 6.92 Å². The second-order valence-corrected chi connectivity index (χ2v) is 7.32. The quantitative estimate of drug-likeness (QED) is 0.460. The predicted molar refractivity (Wildman–Crippen MR) is 88.6 cm³/mol. The van der Waals surface area contributed by atoms with Gasteiger partial charge in [-0.2, -0.15) is 0 Å². The molecule has 1 aromatic heterocycles. The highest BCUT2D eigenvalue weighted by molar-refractivity contribution is 8.00. The number of benzene rings is 1. The number of carbonyl (C=O) groups excluding carboxylic acids is 2. The fraction of sp³-hybridized carbons (Fsp3) is 0.312. The molecule has 2 heterocycles. The van der Waals surface area contributed by atoms with E-state index in [0.29, 0.717) is 17.7 Å². The first-order valence-corrected chi connectivity index (χ1v) is 9.03. The van der Waals surface area contributed by atoms with Crippen LogP contribution < -0.4 is 0 Å². The van der Waals surface area contributed by atoms with Crippen LogP contribution in [-0.2, 0) is 0 Å². The highest BCUT2D eigenvalue weighted by atomic mass is 32.2. The number of thioether (sulfide) groups is 1. The first kappa shape index (κ1) is 15.2. The van der Waals surface area contributed by atoms with Crippen molar-refractivity contribution in [2.75, 3.05) is 12.3 Å².